The van der Waals surface area contributed by atoms with Crippen molar-refractivity contribution in [2.24, 2.45) is 0 Å². The lowest BCUT2D eigenvalue weighted by Crippen LogP contribution is -2.41. The zero-order valence-electron chi connectivity index (χ0n) is 20.4. The maximum Gasteiger partial charge on any atom is 0.264 e. The number of hydrogen-bond donors (Lipinski definition) is 1. The van der Waals surface area contributed by atoms with Gasteiger partial charge in [-0.3, -0.25) is 9.10 Å². The van der Waals surface area contributed by atoms with E-state index in [1.165, 1.54) is 44.6 Å². The molecule has 198 valence electrons. The number of thioether (sulfide) groups is 1. The molecule has 0 atom stereocenters. The Morgan fingerprint density at radius 3 is 2.32 bits per heavy atom. The molecular weight excluding hydrogens is 539 g/mol. The normalized spacial score (nSPS) is 11.1. The molecule has 0 saturated heterocycles. The standard InChI is InChI=1S/C26H28ClFN2O5S2/c1-34-24-13-12-23(16-25(24)35-2)37(32,33)30(22-10-8-21(28)9-11-22)17-26(31)29-14-3-15-36-18-19-4-6-20(27)7-5-19/h4-13,16H,3,14-15,17-18H2,1-2H3,(H,29,31). The van der Waals surface area contributed by atoms with E-state index in [0.29, 0.717) is 23.7 Å². The molecule has 0 saturated carbocycles. The fourth-order valence-corrected chi connectivity index (χ4v) is 5.87. The molecule has 0 aromatic heterocycles. The number of amides is 1. The number of nitrogens with one attached hydrogen (secondary N) is 1. The number of hydrogen-bond acceptors (Lipinski definition) is 6. The van der Waals surface area contributed by atoms with Crippen LogP contribution in [0.5, 0.6) is 11.5 Å². The molecule has 0 bridgehead atoms. The Labute approximate surface area is 226 Å². The smallest absolute Gasteiger partial charge is 0.264 e. The molecule has 0 unspecified atom stereocenters. The lowest BCUT2D eigenvalue weighted by Gasteiger charge is -2.24. The van der Waals surface area contributed by atoms with Crippen molar-refractivity contribution >= 4 is 45.0 Å². The van der Waals surface area contributed by atoms with Crippen LogP contribution in [0, 0.1) is 5.82 Å². The topological polar surface area (TPSA) is 84.9 Å². The number of sulfonamides is 1. The van der Waals surface area contributed by atoms with Gasteiger partial charge in [0.1, 0.15) is 12.4 Å². The number of carbonyl (C=O) groups is 1. The molecule has 0 heterocycles. The van der Waals surface area contributed by atoms with E-state index in [0.717, 1.165) is 33.5 Å². The molecule has 37 heavy (non-hydrogen) atoms. The second kappa shape index (κ2) is 13.6. The van der Waals surface area contributed by atoms with Gasteiger partial charge in [-0.1, -0.05) is 23.7 Å². The van der Waals surface area contributed by atoms with Gasteiger partial charge >= 0.3 is 0 Å². The Hall–Kier alpha value is -2.95. The summed E-state index contributed by atoms with van der Waals surface area (Å²) in [5.74, 6) is 1.23. The van der Waals surface area contributed by atoms with Gasteiger partial charge in [0.2, 0.25) is 5.91 Å². The van der Waals surface area contributed by atoms with Gasteiger partial charge in [-0.15, -0.1) is 0 Å². The maximum atomic E-state index is 13.5. The molecular formula is C26H28ClFN2O5S2. The Morgan fingerprint density at radius 1 is 1.00 bits per heavy atom. The summed E-state index contributed by atoms with van der Waals surface area (Å²) < 4.78 is 51.9. The average Bonchev–Trinajstić information content (AvgIpc) is 2.90. The highest BCUT2D eigenvalue weighted by molar-refractivity contribution is 7.98. The van der Waals surface area contributed by atoms with E-state index in [9.17, 15) is 17.6 Å². The van der Waals surface area contributed by atoms with Gasteiger partial charge in [0, 0.05) is 23.4 Å². The molecule has 0 aliphatic rings. The predicted molar refractivity (Wildman–Crippen MR) is 146 cm³/mol. The number of carbonyl (C=O) groups excluding carboxylic acids is 1. The summed E-state index contributed by atoms with van der Waals surface area (Å²) >= 11 is 7.62. The summed E-state index contributed by atoms with van der Waals surface area (Å²) in [6.45, 7) is -0.0830. The van der Waals surface area contributed by atoms with Crippen LogP contribution >= 0.6 is 23.4 Å². The van der Waals surface area contributed by atoms with E-state index in [4.69, 9.17) is 21.1 Å². The minimum Gasteiger partial charge on any atom is -0.493 e. The molecule has 7 nitrogen and oxygen atoms in total. The summed E-state index contributed by atoms with van der Waals surface area (Å²) in [4.78, 5) is 12.6. The van der Waals surface area contributed by atoms with Crippen molar-refractivity contribution < 1.29 is 27.1 Å². The van der Waals surface area contributed by atoms with E-state index >= 15 is 0 Å². The van der Waals surface area contributed by atoms with Crippen LogP contribution < -0.4 is 19.1 Å². The highest BCUT2D eigenvalue weighted by Crippen LogP contribution is 2.32. The van der Waals surface area contributed by atoms with Crippen LogP contribution in [0.3, 0.4) is 0 Å². The number of anilines is 1. The monoisotopic (exact) mass is 566 g/mol. The highest BCUT2D eigenvalue weighted by atomic mass is 35.5. The molecule has 0 aliphatic heterocycles. The summed E-state index contributed by atoms with van der Waals surface area (Å²) in [6, 6.07) is 16.7. The molecule has 3 aromatic rings. The van der Waals surface area contributed by atoms with Crippen molar-refractivity contribution in [3.8, 4) is 11.5 Å². The van der Waals surface area contributed by atoms with Gasteiger partial charge in [0.15, 0.2) is 11.5 Å². The first-order chi connectivity index (χ1) is 17.7. The van der Waals surface area contributed by atoms with Crippen LogP contribution in [0.15, 0.2) is 71.6 Å². The van der Waals surface area contributed by atoms with Crippen molar-refractivity contribution in [1.82, 2.24) is 5.32 Å². The molecule has 11 heteroatoms. The van der Waals surface area contributed by atoms with E-state index < -0.39 is 28.3 Å². The summed E-state index contributed by atoms with van der Waals surface area (Å²) in [5.41, 5.74) is 1.32. The Balaban J connectivity index is 1.65. The summed E-state index contributed by atoms with van der Waals surface area (Å²) in [6.07, 6.45) is 0.711. The Morgan fingerprint density at radius 2 is 1.68 bits per heavy atom. The quantitative estimate of drug-likeness (QED) is 0.289. The lowest BCUT2D eigenvalue weighted by atomic mass is 10.2. The second-order valence-corrected chi connectivity index (χ2v) is 11.3. The van der Waals surface area contributed by atoms with Gasteiger partial charge in [0.25, 0.3) is 10.0 Å². The minimum absolute atomic E-state index is 0.0964. The van der Waals surface area contributed by atoms with Crippen molar-refractivity contribution in [1.29, 1.82) is 0 Å². The number of halogens is 2. The van der Waals surface area contributed by atoms with Crippen LogP contribution in [0.4, 0.5) is 10.1 Å². The first-order valence-electron chi connectivity index (χ1n) is 11.3. The number of benzene rings is 3. The molecule has 1 N–H and O–H groups in total. The van der Waals surface area contributed by atoms with Crippen LogP contribution in [0.1, 0.15) is 12.0 Å². The van der Waals surface area contributed by atoms with Crippen molar-refractivity contribution in [2.75, 3.05) is 37.4 Å². The maximum absolute atomic E-state index is 13.5. The van der Waals surface area contributed by atoms with Crippen molar-refractivity contribution in [3.63, 3.8) is 0 Å². The third-order valence-corrected chi connectivity index (χ3v) is 8.45. The second-order valence-electron chi connectivity index (χ2n) is 7.89. The Kier molecular flexibility index (Phi) is 10.5. The number of rotatable bonds is 13. The molecule has 3 aromatic carbocycles. The van der Waals surface area contributed by atoms with E-state index in [1.807, 2.05) is 24.3 Å². The third kappa shape index (κ3) is 8.02. The molecule has 3 rings (SSSR count). The lowest BCUT2D eigenvalue weighted by molar-refractivity contribution is -0.119. The molecule has 0 spiro atoms. The molecule has 0 fully saturated rings. The number of ether oxygens (including phenoxy) is 2. The van der Waals surface area contributed by atoms with Crippen molar-refractivity contribution in [3.05, 3.63) is 83.1 Å². The number of nitrogens with zero attached hydrogens (tertiary/aromatic N) is 1. The van der Waals surface area contributed by atoms with Crippen LogP contribution in [0.25, 0.3) is 0 Å². The molecule has 0 aliphatic carbocycles. The fourth-order valence-electron chi connectivity index (χ4n) is 3.39. The molecule has 1 amide bonds. The van der Waals surface area contributed by atoms with E-state index in [2.05, 4.69) is 5.32 Å². The van der Waals surface area contributed by atoms with Crippen LogP contribution in [-0.2, 0) is 20.6 Å². The fraction of sp³-hybridized carbons (Fsp3) is 0.269. The predicted octanol–water partition coefficient (Wildman–Crippen LogP) is 5.13. The van der Waals surface area contributed by atoms with Gasteiger partial charge in [-0.25, -0.2) is 12.8 Å². The zero-order valence-corrected chi connectivity index (χ0v) is 22.8. The van der Waals surface area contributed by atoms with E-state index in [-0.39, 0.29) is 16.3 Å². The minimum atomic E-state index is -4.19. The number of methoxy groups -OCH3 is 2. The van der Waals surface area contributed by atoms with Gasteiger partial charge in [-0.2, -0.15) is 11.8 Å². The van der Waals surface area contributed by atoms with Crippen LogP contribution in [-0.4, -0.2) is 47.4 Å². The summed E-state index contributed by atoms with van der Waals surface area (Å²) in [5, 5.41) is 3.46. The average molecular weight is 567 g/mol. The first-order valence-corrected chi connectivity index (χ1v) is 14.3. The van der Waals surface area contributed by atoms with Gasteiger partial charge < -0.3 is 14.8 Å². The first kappa shape index (κ1) is 28.6. The summed E-state index contributed by atoms with van der Waals surface area (Å²) in [7, 11) is -1.35. The highest BCUT2D eigenvalue weighted by Gasteiger charge is 2.28. The van der Waals surface area contributed by atoms with Crippen molar-refractivity contribution in [2.45, 2.75) is 17.1 Å². The van der Waals surface area contributed by atoms with Crippen LogP contribution in [0.2, 0.25) is 5.02 Å². The third-order valence-electron chi connectivity index (χ3n) is 5.31. The SMILES string of the molecule is COc1ccc(S(=O)(=O)N(CC(=O)NCCCSCc2ccc(Cl)cc2)c2ccc(F)cc2)cc1OC. The van der Waals surface area contributed by atoms with E-state index in [1.54, 1.807) is 11.8 Å². The van der Waals surface area contributed by atoms with Gasteiger partial charge in [-0.05, 0) is 66.3 Å². The largest absolute Gasteiger partial charge is 0.493 e. The van der Waals surface area contributed by atoms with Gasteiger partial charge in [0.05, 0.1) is 24.8 Å². The molecule has 0 radical (unpaired) electrons. The Bertz CT molecular complexity index is 1290. The zero-order chi connectivity index (χ0) is 26.8.